The van der Waals surface area contributed by atoms with Crippen LogP contribution >= 0.6 is 11.8 Å². The monoisotopic (exact) mass is 407 g/mol. The molecule has 0 bridgehead atoms. The minimum atomic E-state index is -1.05. The molecule has 2 atom stereocenters. The number of furan rings is 1. The Balaban J connectivity index is 1.70. The number of benzene rings is 1. The highest BCUT2D eigenvalue weighted by molar-refractivity contribution is 7.99. The summed E-state index contributed by atoms with van der Waals surface area (Å²) >= 11 is 1.55. The summed E-state index contributed by atoms with van der Waals surface area (Å²) in [6, 6.07) is 8.14. The zero-order chi connectivity index (χ0) is 20.1. The summed E-state index contributed by atoms with van der Waals surface area (Å²) < 4.78 is 21.5. The summed E-state index contributed by atoms with van der Waals surface area (Å²) in [6.45, 7) is 2.44. The SMILES string of the molecule is CCOc1cc([C@@H]2[NH2+][C@H](C(=O)[O-])CS2)ccc1OCc1ccc(C(=O)OC)o1. The van der Waals surface area contributed by atoms with Crippen molar-refractivity contribution >= 4 is 23.7 Å². The number of hydrogen-bond donors (Lipinski definition) is 1. The van der Waals surface area contributed by atoms with Gasteiger partial charge >= 0.3 is 5.97 Å². The predicted octanol–water partition coefficient (Wildman–Crippen LogP) is 0.471. The van der Waals surface area contributed by atoms with Crippen molar-refractivity contribution in [1.29, 1.82) is 0 Å². The molecule has 0 radical (unpaired) electrons. The quantitative estimate of drug-likeness (QED) is 0.628. The summed E-state index contributed by atoms with van der Waals surface area (Å²) in [4.78, 5) is 22.5. The molecule has 9 heteroatoms. The summed E-state index contributed by atoms with van der Waals surface area (Å²) in [5.74, 6) is 0.569. The van der Waals surface area contributed by atoms with Crippen molar-refractivity contribution in [2.75, 3.05) is 19.5 Å². The Hall–Kier alpha value is -2.65. The fraction of sp³-hybridized carbons (Fsp3) is 0.368. The number of carbonyl (C=O) groups is 2. The lowest BCUT2D eigenvalue weighted by Gasteiger charge is -2.15. The summed E-state index contributed by atoms with van der Waals surface area (Å²) in [5.41, 5.74) is 0.940. The normalized spacial score (nSPS) is 18.6. The Morgan fingerprint density at radius 2 is 2.07 bits per heavy atom. The highest BCUT2D eigenvalue weighted by Crippen LogP contribution is 2.35. The Labute approximate surface area is 166 Å². The van der Waals surface area contributed by atoms with Crippen molar-refractivity contribution in [3.05, 3.63) is 47.4 Å². The van der Waals surface area contributed by atoms with Crippen LogP contribution in [-0.4, -0.2) is 37.4 Å². The maximum absolute atomic E-state index is 11.4. The van der Waals surface area contributed by atoms with E-state index in [4.69, 9.17) is 13.9 Å². The van der Waals surface area contributed by atoms with Crippen LogP contribution in [0.1, 0.15) is 34.2 Å². The number of quaternary nitrogens is 1. The second-order valence-corrected chi connectivity index (χ2v) is 7.23. The molecule has 0 unspecified atom stereocenters. The summed E-state index contributed by atoms with van der Waals surface area (Å²) in [5, 5.41) is 12.8. The standard InChI is InChI=1S/C19H21NO7S/c1-3-25-16-8-11(17-20-13(10-28-17)18(21)22)4-6-14(16)26-9-12-5-7-15(27-12)19(23)24-2/h4-8,13,17,20H,3,9-10H2,1-2H3,(H,21,22)/t13-,17+/m0/s1. The number of carboxylic acid groups (broad SMARTS) is 1. The number of aliphatic carboxylic acids is 1. The third kappa shape index (κ3) is 4.60. The van der Waals surface area contributed by atoms with Gasteiger partial charge in [0.1, 0.15) is 24.4 Å². The van der Waals surface area contributed by atoms with E-state index in [0.717, 1.165) is 5.56 Å². The van der Waals surface area contributed by atoms with Crippen LogP contribution in [0.3, 0.4) is 0 Å². The summed E-state index contributed by atoms with van der Waals surface area (Å²) in [7, 11) is 1.28. The number of esters is 1. The second kappa shape index (κ2) is 9.03. The van der Waals surface area contributed by atoms with Gasteiger partial charge < -0.3 is 33.8 Å². The van der Waals surface area contributed by atoms with Crippen LogP contribution in [0, 0.1) is 0 Å². The van der Waals surface area contributed by atoms with Crippen molar-refractivity contribution in [1.82, 2.24) is 0 Å². The van der Waals surface area contributed by atoms with Gasteiger partial charge in [0.25, 0.3) is 0 Å². The second-order valence-electron chi connectivity index (χ2n) is 6.06. The molecular weight excluding hydrogens is 386 g/mol. The van der Waals surface area contributed by atoms with Crippen LogP contribution in [0.4, 0.5) is 0 Å². The van der Waals surface area contributed by atoms with Crippen molar-refractivity contribution < 1.29 is 38.6 Å². The molecule has 1 aliphatic rings. The Bertz CT molecular complexity index is 851. The third-order valence-corrected chi connectivity index (χ3v) is 5.52. The van der Waals surface area contributed by atoms with E-state index in [1.165, 1.54) is 13.2 Å². The first-order valence-electron chi connectivity index (χ1n) is 8.75. The van der Waals surface area contributed by atoms with Crippen LogP contribution < -0.4 is 19.9 Å². The van der Waals surface area contributed by atoms with E-state index < -0.39 is 18.0 Å². The fourth-order valence-corrected chi connectivity index (χ4v) is 4.09. The molecule has 2 N–H and O–H groups in total. The molecule has 0 saturated carbocycles. The fourth-order valence-electron chi connectivity index (χ4n) is 2.79. The zero-order valence-electron chi connectivity index (χ0n) is 15.5. The lowest BCUT2D eigenvalue weighted by Crippen LogP contribution is -2.90. The van der Waals surface area contributed by atoms with Gasteiger partial charge in [-0.15, -0.1) is 0 Å². The minimum absolute atomic E-state index is 0.0381. The summed E-state index contributed by atoms with van der Waals surface area (Å²) in [6.07, 6.45) is 0. The number of thioether (sulfide) groups is 1. The first-order valence-corrected chi connectivity index (χ1v) is 9.80. The molecule has 0 aliphatic carbocycles. The molecule has 3 rings (SSSR count). The van der Waals surface area contributed by atoms with Crippen LogP contribution in [0.5, 0.6) is 11.5 Å². The molecule has 0 amide bonds. The van der Waals surface area contributed by atoms with Crippen LogP contribution in [-0.2, 0) is 16.1 Å². The number of carboxylic acids is 1. The molecule has 1 fully saturated rings. The van der Waals surface area contributed by atoms with E-state index >= 15 is 0 Å². The van der Waals surface area contributed by atoms with E-state index in [-0.39, 0.29) is 17.7 Å². The van der Waals surface area contributed by atoms with Gasteiger partial charge in [0.05, 0.1) is 19.5 Å². The maximum atomic E-state index is 11.4. The predicted molar refractivity (Wildman–Crippen MR) is 97.9 cm³/mol. The van der Waals surface area contributed by atoms with E-state index in [1.54, 1.807) is 29.2 Å². The first kappa shape index (κ1) is 20.1. The van der Waals surface area contributed by atoms with Gasteiger partial charge in [0.15, 0.2) is 16.9 Å². The van der Waals surface area contributed by atoms with Crippen LogP contribution in [0.15, 0.2) is 34.7 Å². The van der Waals surface area contributed by atoms with E-state index in [1.807, 2.05) is 19.1 Å². The molecule has 2 aromatic rings. The number of nitrogens with two attached hydrogens (primary N) is 1. The molecule has 0 spiro atoms. The van der Waals surface area contributed by atoms with Gasteiger partial charge in [-0.05, 0) is 37.3 Å². The Morgan fingerprint density at radius 1 is 1.25 bits per heavy atom. The maximum Gasteiger partial charge on any atom is 0.373 e. The number of rotatable bonds is 8. The van der Waals surface area contributed by atoms with Gasteiger partial charge in [-0.2, -0.15) is 0 Å². The number of methoxy groups -OCH3 is 1. The molecule has 8 nitrogen and oxygen atoms in total. The first-order chi connectivity index (χ1) is 13.5. The van der Waals surface area contributed by atoms with Crippen molar-refractivity contribution in [2.24, 2.45) is 0 Å². The van der Waals surface area contributed by atoms with E-state index in [0.29, 0.717) is 29.6 Å². The Kier molecular flexibility index (Phi) is 6.48. The molecule has 1 aliphatic heterocycles. The molecule has 1 saturated heterocycles. The van der Waals surface area contributed by atoms with Crippen molar-refractivity contribution in [2.45, 2.75) is 24.9 Å². The molecular formula is C19H21NO7S. The Morgan fingerprint density at radius 3 is 2.75 bits per heavy atom. The largest absolute Gasteiger partial charge is 0.544 e. The molecule has 150 valence electrons. The van der Waals surface area contributed by atoms with Crippen molar-refractivity contribution in [3.63, 3.8) is 0 Å². The lowest BCUT2D eigenvalue weighted by molar-refractivity contribution is -0.690. The average molecular weight is 407 g/mol. The minimum Gasteiger partial charge on any atom is -0.544 e. The highest BCUT2D eigenvalue weighted by Gasteiger charge is 2.31. The lowest BCUT2D eigenvalue weighted by atomic mass is 10.2. The number of carbonyl (C=O) groups excluding carboxylic acids is 2. The van der Waals surface area contributed by atoms with Gasteiger partial charge in [0.2, 0.25) is 5.76 Å². The van der Waals surface area contributed by atoms with Crippen LogP contribution in [0.2, 0.25) is 0 Å². The third-order valence-electron chi connectivity index (χ3n) is 4.18. The van der Waals surface area contributed by atoms with Gasteiger partial charge in [-0.3, -0.25) is 0 Å². The molecule has 2 heterocycles. The highest BCUT2D eigenvalue weighted by atomic mass is 32.2. The van der Waals surface area contributed by atoms with E-state index in [9.17, 15) is 14.7 Å². The van der Waals surface area contributed by atoms with Gasteiger partial charge in [0, 0.05) is 5.56 Å². The van der Waals surface area contributed by atoms with Crippen LogP contribution in [0.25, 0.3) is 0 Å². The van der Waals surface area contributed by atoms with Crippen molar-refractivity contribution in [3.8, 4) is 11.5 Å². The smallest absolute Gasteiger partial charge is 0.373 e. The topological polar surface area (TPSA) is 115 Å². The molecule has 1 aromatic heterocycles. The number of hydrogen-bond acceptors (Lipinski definition) is 8. The average Bonchev–Trinajstić information content (AvgIpc) is 3.36. The molecule has 28 heavy (non-hydrogen) atoms. The molecule has 1 aromatic carbocycles. The zero-order valence-corrected chi connectivity index (χ0v) is 16.3. The van der Waals surface area contributed by atoms with Gasteiger partial charge in [-0.1, -0.05) is 11.8 Å². The van der Waals surface area contributed by atoms with E-state index in [2.05, 4.69) is 4.74 Å². The number of ether oxygens (including phenoxy) is 3. The van der Waals surface area contributed by atoms with Gasteiger partial charge in [-0.25, -0.2) is 4.79 Å².